The predicted octanol–water partition coefficient (Wildman–Crippen LogP) is 1.06. The van der Waals surface area contributed by atoms with Crippen molar-refractivity contribution < 1.29 is 4.79 Å². The van der Waals surface area contributed by atoms with E-state index in [1.54, 1.807) is 12.1 Å². The summed E-state index contributed by atoms with van der Waals surface area (Å²) in [7, 11) is 0. The Hall–Kier alpha value is -1.75. The van der Waals surface area contributed by atoms with E-state index in [0.717, 1.165) is 21.6 Å². The highest BCUT2D eigenvalue weighted by molar-refractivity contribution is 7.19. The second kappa shape index (κ2) is 3.43. The smallest absolute Gasteiger partial charge is 0.279 e. The first-order valence-electron chi connectivity index (χ1n) is 4.29. The first-order valence-corrected chi connectivity index (χ1v) is 5.11. The molecule has 76 valence electrons. The summed E-state index contributed by atoms with van der Waals surface area (Å²) in [5, 5.41) is 0.585. The molecule has 15 heavy (non-hydrogen) atoms. The average molecular weight is 220 g/mol. The molecule has 2 N–H and O–H groups in total. The lowest BCUT2D eigenvalue weighted by atomic mass is 10.2. The summed E-state index contributed by atoms with van der Waals surface area (Å²) in [4.78, 5) is 26.1. The zero-order valence-electron chi connectivity index (χ0n) is 7.98. The van der Waals surface area contributed by atoms with Crippen LogP contribution < -0.4 is 11.3 Å². The van der Waals surface area contributed by atoms with Crippen molar-refractivity contribution in [2.75, 3.05) is 0 Å². The molecule has 0 saturated heterocycles. The zero-order valence-corrected chi connectivity index (χ0v) is 8.80. The van der Waals surface area contributed by atoms with E-state index in [-0.39, 0.29) is 5.01 Å². The number of hydrogen-bond donors (Lipinski definition) is 1. The molecule has 2 aromatic rings. The lowest BCUT2D eigenvalue weighted by Gasteiger charge is -1.98. The fraction of sp³-hybridized carbons (Fsp3) is 0.100. The van der Waals surface area contributed by atoms with E-state index in [1.165, 1.54) is 0 Å². The Labute approximate surface area is 89.4 Å². The minimum absolute atomic E-state index is 0.0522. The van der Waals surface area contributed by atoms with Crippen molar-refractivity contribution in [2.45, 2.75) is 6.92 Å². The normalized spacial score (nSPS) is 10.5. The number of hydrogen-bond acceptors (Lipinski definition) is 4. The maximum atomic E-state index is 11.5. The molecule has 1 aromatic carbocycles. The van der Waals surface area contributed by atoms with Crippen LogP contribution in [-0.2, 0) is 0 Å². The van der Waals surface area contributed by atoms with Gasteiger partial charge in [0.05, 0.1) is 5.39 Å². The topological polar surface area (TPSA) is 73.1 Å². The van der Waals surface area contributed by atoms with Gasteiger partial charge in [-0.2, -0.15) is 4.98 Å². The second-order valence-electron chi connectivity index (χ2n) is 3.19. The molecule has 1 aromatic heterocycles. The van der Waals surface area contributed by atoms with Gasteiger partial charge in [0.25, 0.3) is 11.5 Å². The van der Waals surface area contributed by atoms with Gasteiger partial charge in [-0.1, -0.05) is 11.6 Å². The van der Waals surface area contributed by atoms with Crippen LogP contribution in [0.1, 0.15) is 15.4 Å². The minimum atomic E-state index is -0.667. The van der Waals surface area contributed by atoms with Crippen molar-refractivity contribution >= 4 is 27.3 Å². The Kier molecular flexibility index (Phi) is 2.24. The molecular weight excluding hydrogens is 212 g/mol. The molecular formula is C10H8N2O2S. The molecule has 1 heterocycles. The highest BCUT2D eigenvalue weighted by Gasteiger charge is 2.08. The van der Waals surface area contributed by atoms with Crippen LogP contribution in [0.25, 0.3) is 10.1 Å². The quantitative estimate of drug-likeness (QED) is 0.781. The van der Waals surface area contributed by atoms with Gasteiger partial charge in [-0.15, -0.1) is 11.3 Å². The third kappa shape index (κ3) is 1.73. The molecule has 0 fully saturated rings. The van der Waals surface area contributed by atoms with Gasteiger partial charge in [-0.25, -0.2) is 0 Å². The number of nitrogens with two attached hydrogens (primary N) is 1. The zero-order chi connectivity index (χ0) is 11.0. The number of aromatic nitrogens is 1. The van der Waals surface area contributed by atoms with Gasteiger partial charge in [0, 0.05) is 4.70 Å². The number of rotatable bonds is 1. The van der Waals surface area contributed by atoms with Gasteiger partial charge in [0.15, 0.2) is 5.01 Å². The van der Waals surface area contributed by atoms with Gasteiger partial charge < -0.3 is 5.73 Å². The van der Waals surface area contributed by atoms with Gasteiger partial charge in [0.2, 0.25) is 0 Å². The van der Waals surface area contributed by atoms with Crippen LogP contribution in [0.3, 0.4) is 0 Å². The second-order valence-corrected chi connectivity index (χ2v) is 4.22. The lowest BCUT2D eigenvalue weighted by molar-refractivity contribution is 0.0999. The van der Waals surface area contributed by atoms with Gasteiger partial charge in [0.1, 0.15) is 0 Å². The van der Waals surface area contributed by atoms with Crippen molar-refractivity contribution in [1.82, 2.24) is 4.98 Å². The minimum Gasteiger partial charge on any atom is -0.364 e. The molecule has 1 amide bonds. The van der Waals surface area contributed by atoms with Crippen molar-refractivity contribution in [1.29, 1.82) is 0 Å². The maximum Gasteiger partial charge on any atom is 0.279 e. The van der Waals surface area contributed by atoms with Crippen molar-refractivity contribution in [3.05, 3.63) is 39.1 Å². The van der Waals surface area contributed by atoms with Crippen LogP contribution in [0.4, 0.5) is 0 Å². The Morgan fingerprint density at radius 3 is 2.87 bits per heavy atom. The average Bonchev–Trinajstić information content (AvgIpc) is 2.18. The molecule has 0 unspecified atom stereocenters. The van der Waals surface area contributed by atoms with E-state index >= 15 is 0 Å². The standard InChI is InChI=1S/C10H8N2O2S/c1-5-2-3-7-6(4-5)9(14)12-10(15-7)8(11)13/h2-4H,1H3,(H2,11,13). The molecule has 5 heteroatoms. The molecule has 0 aliphatic heterocycles. The number of carbonyl (C=O) groups excluding carboxylic acids is 1. The van der Waals surface area contributed by atoms with Crippen molar-refractivity contribution in [3.63, 3.8) is 0 Å². The summed E-state index contributed by atoms with van der Waals surface area (Å²) in [5.41, 5.74) is 5.66. The van der Waals surface area contributed by atoms with Crippen LogP contribution in [0.2, 0.25) is 0 Å². The van der Waals surface area contributed by atoms with Gasteiger partial charge >= 0.3 is 0 Å². The Morgan fingerprint density at radius 2 is 2.20 bits per heavy atom. The first kappa shape index (κ1) is 9.79. The van der Waals surface area contributed by atoms with Crippen LogP contribution in [0.5, 0.6) is 0 Å². The van der Waals surface area contributed by atoms with E-state index in [1.807, 2.05) is 13.0 Å². The largest absolute Gasteiger partial charge is 0.364 e. The summed E-state index contributed by atoms with van der Waals surface area (Å²) in [6, 6.07) is 5.43. The molecule has 0 aliphatic rings. The molecule has 0 aliphatic carbocycles. The fourth-order valence-corrected chi connectivity index (χ4v) is 2.11. The maximum absolute atomic E-state index is 11.5. The van der Waals surface area contributed by atoms with Crippen molar-refractivity contribution in [2.24, 2.45) is 5.73 Å². The molecule has 0 bridgehead atoms. The molecule has 0 atom stereocenters. The number of benzene rings is 1. The summed E-state index contributed by atoms with van der Waals surface area (Å²) in [6.45, 7) is 1.89. The number of fused-ring (bicyclic) bond motifs is 1. The number of primary amides is 1. The van der Waals surface area contributed by atoms with E-state index < -0.39 is 11.5 Å². The van der Waals surface area contributed by atoms with E-state index in [2.05, 4.69) is 4.98 Å². The third-order valence-corrected chi connectivity index (χ3v) is 3.05. The van der Waals surface area contributed by atoms with Crippen LogP contribution in [-0.4, -0.2) is 10.9 Å². The van der Waals surface area contributed by atoms with Gasteiger partial charge in [-0.05, 0) is 19.1 Å². The summed E-state index contributed by atoms with van der Waals surface area (Å²) in [6.07, 6.45) is 0. The van der Waals surface area contributed by atoms with Crippen LogP contribution in [0, 0.1) is 6.92 Å². The Balaban J connectivity index is 2.84. The summed E-state index contributed by atoms with van der Waals surface area (Å²) in [5.74, 6) is -0.667. The highest BCUT2D eigenvalue weighted by Crippen LogP contribution is 2.18. The lowest BCUT2D eigenvalue weighted by Crippen LogP contribution is -2.17. The number of amides is 1. The number of aryl methyl sites for hydroxylation is 1. The van der Waals surface area contributed by atoms with Gasteiger partial charge in [-0.3, -0.25) is 9.59 Å². The summed E-state index contributed by atoms with van der Waals surface area (Å²) < 4.78 is 0.731. The van der Waals surface area contributed by atoms with Crippen molar-refractivity contribution in [3.8, 4) is 0 Å². The highest BCUT2D eigenvalue weighted by atomic mass is 32.1. The van der Waals surface area contributed by atoms with E-state index in [0.29, 0.717) is 5.39 Å². The first-order chi connectivity index (χ1) is 7.08. The molecule has 0 spiro atoms. The number of nitrogens with zero attached hydrogens (tertiary/aromatic N) is 1. The monoisotopic (exact) mass is 220 g/mol. The molecule has 4 nitrogen and oxygen atoms in total. The number of carbonyl (C=O) groups is 1. The van der Waals surface area contributed by atoms with E-state index in [4.69, 9.17) is 5.73 Å². The predicted molar refractivity (Wildman–Crippen MR) is 59.1 cm³/mol. The summed E-state index contributed by atoms with van der Waals surface area (Å²) >= 11 is 1.13. The Morgan fingerprint density at radius 1 is 1.47 bits per heavy atom. The third-order valence-electron chi connectivity index (χ3n) is 1.99. The van der Waals surface area contributed by atoms with Crippen LogP contribution >= 0.6 is 11.3 Å². The molecule has 0 radical (unpaired) electrons. The van der Waals surface area contributed by atoms with E-state index in [9.17, 15) is 9.59 Å². The molecule has 2 rings (SSSR count). The Bertz CT molecular complexity index is 604. The fourth-order valence-electron chi connectivity index (χ4n) is 1.28. The molecule has 0 saturated carbocycles. The van der Waals surface area contributed by atoms with Crippen LogP contribution in [0.15, 0.2) is 23.0 Å². The SMILES string of the molecule is Cc1ccc2sc(C(N)=O)nc(=O)c2c1.